The van der Waals surface area contributed by atoms with Crippen LogP contribution in [0.15, 0.2) is 10.5 Å². The van der Waals surface area contributed by atoms with Crippen LogP contribution in [-0.4, -0.2) is 30.8 Å². The number of aliphatic hydroxyl groups is 1. The summed E-state index contributed by atoms with van der Waals surface area (Å²) in [6, 6.07) is 1.68. The molecule has 0 fully saturated rings. The minimum absolute atomic E-state index is 0.313. The van der Waals surface area contributed by atoms with Gasteiger partial charge < -0.3 is 19.6 Å². The molecule has 17 heavy (non-hydrogen) atoms. The Morgan fingerprint density at radius 1 is 1.65 bits per heavy atom. The molecule has 0 aliphatic heterocycles. The van der Waals surface area contributed by atoms with Crippen LogP contribution in [0.25, 0.3) is 0 Å². The molecule has 96 valence electrons. The van der Waals surface area contributed by atoms with Crippen molar-refractivity contribution in [3.8, 4) is 0 Å². The Morgan fingerprint density at radius 3 is 2.94 bits per heavy atom. The maximum Gasteiger partial charge on any atom is 0.341 e. The van der Waals surface area contributed by atoms with Gasteiger partial charge >= 0.3 is 5.97 Å². The highest BCUT2D eigenvalue weighted by Gasteiger charge is 2.14. The van der Waals surface area contributed by atoms with E-state index in [2.05, 4.69) is 10.1 Å². The Morgan fingerprint density at radius 2 is 2.35 bits per heavy atom. The second-order valence-electron chi connectivity index (χ2n) is 3.99. The van der Waals surface area contributed by atoms with Gasteiger partial charge in [0.15, 0.2) is 0 Å². The first-order chi connectivity index (χ1) is 8.04. The minimum atomic E-state index is -0.388. The van der Waals surface area contributed by atoms with E-state index in [0.717, 1.165) is 0 Å². The fourth-order valence-corrected chi connectivity index (χ4v) is 1.47. The van der Waals surface area contributed by atoms with Crippen LogP contribution in [0, 0.1) is 6.92 Å². The van der Waals surface area contributed by atoms with Gasteiger partial charge in [-0.2, -0.15) is 0 Å². The topological polar surface area (TPSA) is 71.7 Å². The summed E-state index contributed by atoms with van der Waals surface area (Å²) >= 11 is 0. The lowest BCUT2D eigenvalue weighted by molar-refractivity contribution is 0.0599. The fourth-order valence-electron chi connectivity index (χ4n) is 1.47. The monoisotopic (exact) mass is 241 g/mol. The van der Waals surface area contributed by atoms with Gasteiger partial charge in [-0.05, 0) is 32.9 Å². The van der Waals surface area contributed by atoms with Crippen LogP contribution in [0.2, 0.25) is 0 Å². The molecule has 1 unspecified atom stereocenters. The maximum atomic E-state index is 11.3. The number of rotatable bonds is 6. The molecule has 0 aliphatic carbocycles. The Balaban J connectivity index is 2.47. The molecule has 0 saturated heterocycles. The van der Waals surface area contributed by atoms with Gasteiger partial charge in [0.25, 0.3) is 0 Å². The van der Waals surface area contributed by atoms with Crippen molar-refractivity contribution in [2.24, 2.45) is 0 Å². The molecule has 1 aromatic rings. The highest BCUT2D eigenvalue weighted by Crippen LogP contribution is 2.15. The zero-order chi connectivity index (χ0) is 12.8. The molecule has 5 heteroatoms. The first-order valence-electron chi connectivity index (χ1n) is 5.61. The molecule has 0 amide bonds. The van der Waals surface area contributed by atoms with Gasteiger partial charge in [0.1, 0.15) is 17.1 Å². The van der Waals surface area contributed by atoms with Crippen LogP contribution in [0.4, 0.5) is 0 Å². The Labute approximate surface area is 101 Å². The quantitative estimate of drug-likeness (QED) is 0.579. The molecule has 0 aromatic carbocycles. The molecule has 2 N–H and O–H groups in total. The summed E-state index contributed by atoms with van der Waals surface area (Å²) in [5.74, 6) is 0.860. The summed E-state index contributed by atoms with van der Waals surface area (Å²) in [4.78, 5) is 11.3. The van der Waals surface area contributed by atoms with Gasteiger partial charge in [-0.3, -0.25) is 0 Å². The highest BCUT2D eigenvalue weighted by atomic mass is 16.5. The number of nitrogens with one attached hydrogen (secondary N) is 1. The van der Waals surface area contributed by atoms with Crippen LogP contribution in [0.5, 0.6) is 0 Å². The highest BCUT2D eigenvalue weighted by molar-refractivity contribution is 5.90. The van der Waals surface area contributed by atoms with E-state index in [1.54, 1.807) is 19.9 Å². The Kier molecular flexibility index (Phi) is 5.18. The van der Waals surface area contributed by atoms with Gasteiger partial charge in [0, 0.05) is 0 Å². The van der Waals surface area contributed by atoms with Crippen LogP contribution >= 0.6 is 0 Å². The van der Waals surface area contributed by atoms with Crippen molar-refractivity contribution in [1.29, 1.82) is 0 Å². The van der Waals surface area contributed by atoms with Crippen molar-refractivity contribution in [2.75, 3.05) is 13.7 Å². The van der Waals surface area contributed by atoms with Gasteiger partial charge in [0.05, 0.1) is 19.8 Å². The maximum absolute atomic E-state index is 11.3. The SMILES string of the molecule is COC(=O)c1cc(CNCCC(C)O)oc1C. The molecule has 1 atom stereocenters. The standard InChI is InChI=1S/C12H19NO4/c1-8(14)4-5-13-7-10-6-11(9(2)17-10)12(15)16-3/h6,8,13-14H,4-5,7H2,1-3H3. The van der Waals surface area contributed by atoms with Crippen molar-refractivity contribution >= 4 is 5.97 Å². The first kappa shape index (κ1) is 13.7. The lowest BCUT2D eigenvalue weighted by Crippen LogP contribution is -2.18. The fraction of sp³-hybridized carbons (Fsp3) is 0.583. The number of carbonyl (C=O) groups is 1. The molecule has 5 nitrogen and oxygen atoms in total. The van der Waals surface area contributed by atoms with Crippen LogP contribution in [-0.2, 0) is 11.3 Å². The molecule has 1 heterocycles. The van der Waals surface area contributed by atoms with Gasteiger partial charge in [-0.15, -0.1) is 0 Å². The second kappa shape index (κ2) is 6.42. The lowest BCUT2D eigenvalue weighted by atomic mass is 10.2. The smallest absolute Gasteiger partial charge is 0.341 e. The Bertz CT molecular complexity index is 371. The van der Waals surface area contributed by atoms with Crippen molar-refractivity contribution in [3.63, 3.8) is 0 Å². The summed E-state index contributed by atoms with van der Waals surface area (Å²) in [6.07, 6.45) is 0.371. The largest absolute Gasteiger partial charge is 0.465 e. The third-order valence-corrected chi connectivity index (χ3v) is 2.41. The number of aliphatic hydroxyl groups excluding tert-OH is 1. The zero-order valence-electron chi connectivity index (χ0n) is 10.4. The van der Waals surface area contributed by atoms with E-state index < -0.39 is 0 Å². The van der Waals surface area contributed by atoms with E-state index in [1.165, 1.54) is 7.11 Å². The second-order valence-corrected chi connectivity index (χ2v) is 3.99. The van der Waals surface area contributed by atoms with Crippen molar-refractivity contribution in [1.82, 2.24) is 5.32 Å². The van der Waals surface area contributed by atoms with E-state index >= 15 is 0 Å². The minimum Gasteiger partial charge on any atom is -0.465 e. The lowest BCUT2D eigenvalue weighted by Gasteiger charge is -2.04. The average Bonchev–Trinajstić information content (AvgIpc) is 2.65. The summed E-state index contributed by atoms with van der Waals surface area (Å²) in [6.45, 7) is 4.70. The molecule has 1 rings (SSSR count). The van der Waals surface area contributed by atoms with E-state index in [-0.39, 0.29) is 12.1 Å². The number of methoxy groups -OCH3 is 1. The number of furan rings is 1. The molecule has 0 spiro atoms. The molecule has 0 radical (unpaired) electrons. The van der Waals surface area contributed by atoms with E-state index in [4.69, 9.17) is 9.52 Å². The predicted octanol–water partition coefficient (Wildman–Crippen LogP) is 1.24. The van der Waals surface area contributed by atoms with Crippen molar-refractivity contribution < 1.29 is 19.1 Å². The molecule has 0 saturated carbocycles. The number of esters is 1. The third kappa shape index (κ3) is 4.20. The molecular weight excluding hydrogens is 222 g/mol. The predicted molar refractivity (Wildman–Crippen MR) is 62.8 cm³/mol. The van der Waals surface area contributed by atoms with E-state index in [1.807, 2.05) is 0 Å². The van der Waals surface area contributed by atoms with E-state index in [9.17, 15) is 4.79 Å². The van der Waals surface area contributed by atoms with Gasteiger partial charge in [-0.1, -0.05) is 0 Å². The normalized spacial score (nSPS) is 12.5. The molecule has 0 bridgehead atoms. The summed E-state index contributed by atoms with van der Waals surface area (Å²) in [5, 5.41) is 12.2. The molecular formula is C12H19NO4. The number of carbonyl (C=O) groups excluding carboxylic acids is 1. The van der Waals surface area contributed by atoms with Gasteiger partial charge in [-0.25, -0.2) is 4.79 Å². The average molecular weight is 241 g/mol. The first-order valence-corrected chi connectivity index (χ1v) is 5.61. The van der Waals surface area contributed by atoms with E-state index in [0.29, 0.717) is 36.6 Å². The Hall–Kier alpha value is -1.33. The van der Waals surface area contributed by atoms with Gasteiger partial charge in [0.2, 0.25) is 0 Å². The number of hydrogen-bond acceptors (Lipinski definition) is 5. The van der Waals surface area contributed by atoms with Crippen molar-refractivity contribution in [2.45, 2.75) is 32.9 Å². The summed E-state index contributed by atoms with van der Waals surface area (Å²) in [7, 11) is 1.34. The summed E-state index contributed by atoms with van der Waals surface area (Å²) in [5.41, 5.74) is 0.458. The molecule has 0 aliphatic rings. The van der Waals surface area contributed by atoms with Crippen molar-refractivity contribution in [3.05, 3.63) is 23.2 Å². The third-order valence-electron chi connectivity index (χ3n) is 2.41. The summed E-state index contributed by atoms with van der Waals surface area (Å²) < 4.78 is 10.1. The van der Waals surface area contributed by atoms with Crippen LogP contribution in [0.1, 0.15) is 35.2 Å². The van der Waals surface area contributed by atoms with Crippen LogP contribution < -0.4 is 5.32 Å². The number of aryl methyl sites for hydroxylation is 1. The molecule has 1 aromatic heterocycles. The number of ether oxygens (including phenoxy) is 1. The zero-order valence-corrected chi connectivity index (χ0v) is 10.4. The van der Waals surface area contributed by atoms with Crippen LogP contribution in [0.3, 0.4) is 0 Å². The number of hydrogen-bond donors (Lipinski definition) is 2.